The van der Waals surface area contributed by atoms with Gasteiger partial charge in [0.1, 0.15) is 0 Å². The van der Waals surface area contributed by atoms with Crippen molar-refractivity contribution in [3.8, 4) is 0 Å². The third-order valence-corrected chi connectivity index (χ3v) is 0. The van der Waals surface area contributed by atoms with Gasteiger partial charge in [0, 0.05) is 0 Å². The molecule has 0 bridgehead atoms. The summed E-state index contributed by atoms with van der Waals surface area (Å²) in [4.78, 5) is 0. The summed E-state index contributed by atoms with van der Waals surface area (Å²) in [5.41, 5.74) is 0. The van der Waals surface area contributed by atoms with Crippen LogP contribution in [0.1, 0.15) is 0 Å². The maximum atomic E-state index is 7.08. The summed E-state index contributed by atoms with van der Waals surface area (Å²) >= 11 is -0.826. The third kappa shape index (κ3) is 125. The van der Waals surface area contributed by atoms with Gasteiger partial charge in [0.05, 0.1) is 0 Å². The molecule has 8 heavy (non-hydrogen) atoms. The first-order valence-corrected chi connectivity index (χ1v) is 12.0. The molecule has 5 heteroatoms. The van der Waals surface area contributed by atoms with Gasteiger partial charge in [-0.25, -0.2) is 0 Å². The zero-order valence-corrected chi connectivity index (χ0v) is 10.2. The number of hydrogen-bond acceptors (Lipinski definition) is 0. The Morgan fingerprint density at radius 1 is 1.25 bits per heavy atom. The summed E-state index contributed by atoms with van der Waals surface area (Å²) < 4.78 is 0. The molecule has 0 aliphatic carbocycles. The van der Waals surface area contributed by atoms with Crippen LogP contribution in [-0.4, -0.2) is 8.24 Å². The molecule has 0 spiro atoms. The Hall–Kier alpha value is 1.64. The molecule has 0 aromatic rings. The molecule has 0 saturated carbocycles. The van der Waals surface area contributed by atoms with Gasteiger partial charge in [0.15, 0.2) is 0 Å². The van der Waals surface area contributed by atoms with Gasteiger partial charge < -0.3 is 5.40 Å². The molecule has 1 nitrogen and oxygen atoms in total. The van der Waals surface area contributed by atoms with E-state index in [2.05, 4.69) is 0 Å². The van der Waals surface area contributed by atoms with Crippen molar-refractivity contribution < 1.29 is 20.8 Å². The molecule has 0 aromatic heterocycles. The minimum atomic E-state index is -1.36. The predicted octanol–water partition coefficient (Wildman–Crippen LogP) is 3.25. The fraction of sp³-hybridized carbons (Fsp3) is 1.00. The zero-order chi connectivity index (χ0) is 7.21. The number of halogens is 2. The van der Waals surface area contributed by atoms with Crippen molar-refractivity contribution in [2.24, 2.45) is 0 Å². The molecule has 0 aliphatic heterocycles. The van der Waals surface area contributed by atoms with Crippen LogP contribution in [0.15, 0.2) is 0 Å². The molecule has 1 N–H and O–H groups in total. The SMILES string of the molecule is C[Si](C)(C)[NH-].[Cl][Zr][Cl]. The Morgan fingerprint density at radius 3 is 1.25 bits per heavy atom. The van der Waals surface area contributed by atoms with E-state index in [-0.39, 0.29) is 0 Å². The van der Waals surface area contributed by atoms with Gasteiger partial charge >= 0.3 is 37.9 Å². The van der Waals surface area contributed by atoms with E-state index in [0.717, 1.165) is 0 Å². The van der Waals surface area contributed by atoms with Gasteiger partial charge in [-0.3, -0.25) is 0 Å². The van der Waals surface area contributed by atoms with E-state index in [9.17, 15) is 0 Å². The Bertz CT molecular complexity index is 41.0. The fourth-order valence-corrected chi connectivity index (χ4v) is 0. The number of hydrogen-bond donors (Lipinski definition) is 0. The second kappa shape index (κ2) is 6.76. The fourth-order valence-electron chi connectivity index (χ4n) is 0. The molecule has 0 atom stereocenters. The van der Waals surface area contributed by atoms with Crippen LogP contribution in [0, 0.1) is 0 Å². The molecule has 0 fully saturated rings. The normalized spacial score (nSPS) is 9.25. The van der Waals surface area contributed by atoms with Crippen LogP contribution in [0.5, 0.6) is 0 Å². The first kappa shape index (κ1) is 12.3. The van der Waals surface area contributed by atoms with Gasteiger partial charge in [-0.2, -0.15) is 0 Å². The van der Waals surface area contributed by atoms with Crippen molar-refractivity contribution in [1.82, 2.24) is 0 Å². The van der Waals surface area contributed by atoms with Crippen LogP contribution in [0.2, 0.25) is 19.6 Å². The van der Waals surface area contributed by atoms with Crippen LogP contribution >= 0.6 is 17.0 Å². The van der Waals surface area contributed by atoms with E-state index in [4.69, 9.17) is 22.4 Å². The predicted molar refractivity (Wildman–Crippen MR) is 39.4 cm³/mol. The molecule has 0 saturated heterocycles. The number of rotatable bonds is 0. The summed E-state index contributed by atoms with van der Waals surface area (Å²) in [6.07, 6.45) is 0. The third-order valence-electron chi connectivity index (χ3n) is 0. The Labute approximate surface area is 70.7 Å². The first-order chi connectivity index (χ1) is 3.41. The van der Waals surface area contributed by atoms with Gasteiger partial charge in [-0.05, 0) is 0 Å². The summed E-state index contributed by atoms with van der Waals surface area (Å²) in [5.74, 6) is 0. The van der Waals surface area contributed by atoms with Crippen molar-refractivity contribution >= 4 is 25.3 Å². The average Bonchev–Trinajstić information content (AvgIpc) is 1.27. The Morgan fingerprint density at radius 2 is 1.25 bits per heavy atom. The Kier molecular flexibility index (Phi) is 10.4. The van der Waals surface area contributed by atoms with E-state index >= 15 is 0 Å². The summed E-state index contributed by atoms with van der Waals surface area (Å²) in [7, 11) is 8.51. The van der Waals surface area contributed by atoms with E-state index in [1.807, 2.05) is 19.6 Å². The number of nitrogens with one attached hydrogen (secondary N) is 1. The molecule has 0 unspecified atom stereocenters. The van der Waals surface area contributed by atoms with E-state index in [1.54, 1.807) is 0 Å². The van der Waals surface area contributed by atoms with E-state index < -0.39 is 29.1 Å². The standard InChI is InChI=1S/C3H10NSi.2ClH.Zr/c1-5(2,3)4;;;/h4H,1-3H3;2*1H;/q-1;;;+2/p-2. The first-order valence-electron chi connectivity index (χ1n) is 2.13. The molecule has 0 aromatic carbocycles. The molecular weight excluding hydrogens is 240 g/mol. The van der Waals surface area contributed by atoms with Crippen molar-refractivity contribution in [3.63, 3.8) is 0 Å². The second-order valence-corrected chi connectivity index (χ2v) is 10.6. The van der Waals surface area contributed by atoms with Crippen molar-refractivity contribution in [1.29, 1.82) is 0 Å². The molecule has 50 valence electrons. The van der Waals surface area contributed by atoms with Crippen molar-refractivity contribution in [2.75, 3.05) is 0 Å². The monoisotopic (exact) mass is 248 g/mol. The second-order valence-electron chi connectivity index (χ2n) is 2.32. The van der Waals surface area contributed by atoms with Crippen molar-refractivity contribution in [2.45, 2.75) is 19.6 Å². The zero-order valence-electron chi connectivity index (χ0n) is 5.26. The summed E-state index contributed by atoms with van der Waals surface area (Å²) in [6.45, 7) is 5.98. The molecule has 0 radical (unpaired) electrons. The molecule has 0 rings (SSSR count). The average molecular weight is 250 g/mol. The van der Waals surface area contributed by atoms with E-state index in [1.165, 1.54) is 0 Å². The topological polar surface area (TPSA) is 23.8 Å². The molecule has 0 heterocycles. The molecule has 0 amide bonds. The molecular formula is C3H10Cl2NSiZr-. The van der Waals surface area contributed by atoms with Crippen LogP contribution in [0.4, 0.5) is 0 Å². The van der Waals surface area contributed by atoms with Crippen LogP contribution in [-0.2, 0) is 20.8 Å². The quantitative estimate of drug-likeness (QED) is 0.589. The van der Waals surface area contributed by atoms with Gasteiger partial charge in [0.25, 0.3) is 0 Å². The minimum absolute atomic E-state index is 0.826. The summed E-state index contributed by atoms with van der Waals surface area (Å²) in [5, 5.41) is 7.08. The molecule has 0 aliphatic rings. The van der Waals surface area contributed by atoms with Gasteiger partial charge in [-0.1, -0.05) is 27.9 Å². The van der Waals surface area contributed by atoms with E-state index in [0.29, 0.717) is 0 Å². The van der Waals surface area contributed by atoms with Gasteiger partial charge in [0.2, 0.25) is 0 Å². The van der Waals surface area contributed by atoms with Crippen LogP contribution < -0.4 is 0 Å². The van der Waals surface area contributed by atoms with Crippen LogP contribution in [0.25, 0.3) is 5.40 Å². The van der Waals surface area contributed by atoms with Crippen molar-refractivity contribution in [3.05, 3.63) is 5.40 Å². The summed E-state index contributed by atoms with van der Waals surface area (Å²) in [6, 6.07) is 0. The van der Waals surface area contributed by atoms with Gasteiger partial charge in [-0.15, -0.1) is 0 Å². The maximum absolute atomic E-state index is 7.08. The Balaban J connectivity index is 0. The van der Waals surface area contributed by atoms with Crippen LogP contribution in [0.3, 0.4) is 0 Å².